The van der Waals surface area contributed by atoms with Crippen molar-refractivity contribution in [2.75, 3.05) is 26.2 Å². The van der Waals surface area contributed by atoms with Crippen LogP contribution in [-0.4, -0.2) is 56.7 Å². The van der Waals surface area contributed by atoms with Crippen molar-refractivity contribution < 1.29 is 19.2 Å². The Morgan fingerprint density at radius 2 is 2.07 bits per heavy atom. The van der Waals surface area contributed by atoms with Gasteiger partial charge in [-0.1, -0.05) is 30.4 Å². The van der Waals surface area contributed by atoms with Gasteiger partial charge in [0.25, 0.3) is 0 Å². The molecule has 2 aromatic heterocycles. The molecule has 3 aromatic rings. The summed E-state index contributed by atoms with van der Waals surface area (Å²) in [5.41, 5.74) is 0.532. The SMILES string of the molecule is CCc1nc2sc([C@@H](c3ccccc3F)[NH+]3CCN(C(C)=O)CC3)c(O)n2n1. The maximum Gasteiger partial charge on any atom is 0.235 e. The van der Waals surface area contributed by atoms with Crippen LogP contribution in [0.2, 0.25) is 0 Å². The molecule has 1 amide bonds. The number of nitrogens with one attached hydrogen (secondary N) is 1. The maximum absolute atomic E-state index is 14.7. The first-order valence-corrected chi connectivity index (χ1v) is 10.2. The lowest BCUT2D eigenvalue weighted by Crippen LogP contribution is -3.15. The molecule has 3 heterocycles. The summed E-state index contributed by atoms with van der Waals surface area (Å²) in [6.45, 7) is 6.08. The normalized spacial score (nSPS) is 16.6. The summed E-state index contributed by atoms with van der Waals surface area (Å²) < 4.78 is 16.2. The minimum Gasteiger partial charge on any atom is -0.492 e. The summed E-state index contributed by atoms with van der Waals surface area (Å²) in [7, 11) is 0. The van der Waals surface area contributed by atoms with Gasteiger partial charge < -0.3 is 14.9 Å². The largest absolute Gasteiger partial charge is 0.492 e. The predicted molar refractivity (Wildman–Crippen MR) is 103 cm³/mol. The quantitative estimate of drug-likeness (QED) is 0.681. The Balaban J connectivity index is 1.76. The molecule has 1 saturated heterocycles. The molecular weight excluding hydrogens is 381 g/mol. The molecule has 1 fully saturated rings. The molecule has 7 nitrogen and oxygen atoms in total. The number of benzene rings is 1. The third-order valence-corrected chi connectivity index (χ3v) is 6.38. The second-order valence-electron chi connectivity index (χ2n) is 6.98. The van der Waals surface area contributed by atoms with Crippen molar-refractivity contribution in [1.29, 1.82) is 0 Å². The van der Waals surface area contributed by atoms with Crippen LogP contribution in [0.15, 0.2) is 24.3 Å². The lowest BCUT2D eigenvalue weighted by atomic mass is 10.0. The van der Waals surface area contributed by atoms with Gasteiger partial charge in [-0.3, -0.25) is 4.79 Å². The number of hydrogen-bond acceptors (Lipinski definition) is 5. The molecule has 148 valence electrons. The van der Waals surface area contributed by atoms with Crippen molar-refractivity contribution in [2.45, 2.75) is 26.3 Å². The lowest BCUT2D eigenvalue weighted by Gasteiger charge is -2.36. The second kappa shape index (κ2) is 7.48. The van der Waals surface area contributed by atoms with Crippen LogP contribution in [0.25, 0.3) is 4.96 Å². The van der Waals surface area contributed by atoms with Crippen LogP contribution in [-0.2, 0) is 11.2 Å². The van der Waals surface area contributed by atoms with E-state index in [0.29, 0.717) is 53.8 Å². The zero-order valence-electron chi connectivity index (χ0n) is 15.9. The number of carbonyl (C=O) groups is 1. The van der Waals surface area contributed by atoms with Gasteiger partial charge in [0.2, 0.25) is 16.7 Å². The predicted octanol–water partition coefficient (Wildman–Crippen LogP) is 1.03. The van der Waals surface area contributed by atoms with Crippen LogP contribution in [0.5, 0.6) is 5.88 Å². The molecular formula is C19H23FN5O2S+. The molecule has 0 bridgehead atoms. The van der Waals surface area contributed by atoms with E-state index in [4.69, 9.17) is 0 Å². The number of aromatic hydroxyl groups is 1. The van der Waals surface area contributed by atoms with Gasteiger partial charge in [-0.2, -0.15) is 4.52 Å². The molecule has 2 N–H and O–H groups in total. The van der Waals surface area contributed by atoms with E-state index in [2.05, 4.69) is 10.1 Å². The smallest absolute Gasteiger partial charge is 0.235 e. The van der Waals surface area contributed by atoms with Crippen molar-refractivity contribution in [3.63, 3.8) is 0 Å². The van der Waals surface area contributed by atoms with Gasteiger partial charge in [-0.25, -0.2) is 9.37 Å². The van der Waals surface area contributed by atoms with E-state index in [0.717, 1.165) is 4.90 Å². The number of nitrogens with zero attached hydrogens (tertiary/aromatic N) is 4. The fourth-order valence-electron chi connectivity index (χ4n) is 3.78. The third kappa shape index (κ3) is 3.24. The molecule has 0 spiro atoms. The van der Waals surface area contributed by atoms with E-state index in [1.165, 1.54) is 21.9 Å². The molecule has 0 unspecified atom stereocenters. The van der Waals surface area contributed by atoms with Gasteiger partial charge in [0, 0.05) is 13.3 Å². The van der Waals surface area contributed by atoms with Gasteiger partial charge in [0.1, 0.15) is 10.7 Å². The molecule has 28 heavy (non-hydrogen) atoms. The van der Waals surface area contributed by atoms with Gasteiger partial charge >= 0.3 is 0 Å². The Morgan fingerprint density at radius 3 is 2.68 bits per heavy atom. The molecule has 0 saturated carbocycles. The monoisotopic (exact) mass is 404 g/mol. The third-order valence-electron chi connectivity index (χ3n) is 5.30. The number of hydrogen-bond donors (Lipinski definition) is 2. The number of carbonyl (C=O) groups excluding carboxylic acids is 1. The number of amides is 1. The fraction of sp³-hybridized carbons (Fsp3) is 0.421. The minimum atomic E-state index is -0.381. The Kier molecular flexibility index (Phi) is 5.03. The van der Waals surface area contributed by atoms with Crippen LogP contribution in [0, 0.1) is 5.82 Å². The van der Waals surface area contributed by atoms with Crippen LogP contribution < -0.4 is 4.90 Å². The summed E-state index contributed by atoms with van der Waals surface area (Å²) in [6.07, 6.45) is 0.679. The molecule has 1 atom stereocenters. The highest BCUT2D eigenvalue weighted by molar-refractivity contribution is 7.17. The fourth-order valence-corrected chi connectivity index (χ4v) is 4.93. The van der Waals surface area contributed by atoms with Gasteiger partial charge in [0.15, 0.2) is 11.9 Å². The maximum atomic E-state index is 14.7. The number of halogens is 1. The summed E-state index contributed by atoms with van der Waals surface area (Å²) >= 11 is 1.34. The van der Waals surface area contributed by atoms with E-state index in [1.807, 2.05) is 6.92 Å². The zero-order valence-corrected chi connectivity index (χ0v) is 16.7. The van der Waals surface area contributed by atoms with Crippen LogP contribution >= 0.6 is 11.3 Å². The number of aromatic nitrogens is 3. The molecule has 1 aliphatic rings. The first-order chi connectivity index (χ1) is 13.5. The summed E-state index contributed by atoms with van der Waals surface area (Å²) in [4.78, 5) is 20.3. The van der Waals surface area contributed by atoms with Crippen LogP contribution in [0.3, 0.4) is 0 Å². The number of fused-ring (bicyclic) bond motifs is 1. The second-order valence-corrected chi connectivity index (χ2v) is 7.99. The van der Waals surface area contributed by atoms with Crippen molar-refractivity contribution >= 4 is 22.2 Å². The van der Waals surface area contributed by atoms with E-state index in [-0.39, 0.29) is 23.6 Å². The van der Waals surface area contributed by atoms with Crippen molar-refractivity contribution in [2.24, 2.45) is 0 Å². The highest BCUT2D eigenvalue weighted by Gasteiger charge is 2.36. The first-order valence-electron chi connectivity index (χ1n) is 9.41. The number of aryl methyl sites for hydroxylation is 1. The summed E-state index contributed by atoms with van der Waals surface area (Å²) in [6, 6.07) is 6.29. The lowest BCUT2D eigenvalue weighted by molar-refractivity contribution is -0.929. The summed E-state index contributed by atoms with van der Waals surface area (Å²) in [5.74, 6) is 0.428. The van der Waals surface area contributed by atoms with Crippen molar-refractivity contribution in [1.82, 2.24) is 19.5 Å². The molecule has 9 heteroatoms. The molecule has 4 rings (SSSR count). The van der Waals surface area contributed by atoms with Gasteiger partial charge in [0.05, 0.1) is 31.7 Å². The van der Waals surface area contributed by atoms with E-state index in [1.54, 1.807) is 30.0 Å². The topological polar surface area (TPSA) is 75.2 Å². The number of piperazine rings is 1. The number of thiazole rings is 1. The molecule has 1 aliphatic heterocycles. The highest BCUT2D eigenvalue weighted by atomic mass is 32.1. The Hall–Kier alpha value is -2.52. The van der Waals surface area contributed by atoms with Crippen LogP contribution in [0.1, 0.15) is 36.2 Å². The molecule has 1 aromatic carbocycles. The van der Waals surface area contributed by atoms with E-state index >= 15 is 0 Å². The number of quaternary nitrogens is 1. The number of rotatable bonds is 4. The molecule has 0 aliphatic carbocycles. The minimum absolute atomic E-state index is 0.0157. The Labute approximate surface area is 166 Å². The van der Waals surface area contributed by atoms with Crippen molar-refractivity contribution in [3.05, 3.63) is 46.3 Å². The average molecular weight is 404 g/mol. The van der Waals surface area contributed by atoms with Crippen molar-refractivity contribution in [3.8, 4) is 5.88 Å². The van der Waals surface area contributed by atoms with E-state index in [9.17, 15) is 14.3 Å². The van der Waals surface area contributed by atoms with Crippen LogP contribution in [0.4, 0.5) is 4.39 Å². The Morgan fingerprint density at radius 1 is 1.36 bits per heavy atom. The first kappa shape index (κ1) is 18.8. The summed E-state index contributed by atoms with van der Waals surface area (Å²) in [5, 5.41) is 15.2. The average Bonchev–Trinajstić information content (AvgIpc) is 3.23. The van der Waals surface area contributed by atoms with E-state index < -0.39 is 0 Å². The van der Waals surface area contributed by atoms with Gasteiger partial charge in [-0.05, 0) is 12.1 Å². The molecule has 0 radical (unpaired) electrons. The zero-order chi connectivity index (χ0) is 19.8. The standard InChI is InChI=1S/C19H22FN5O2S/c1-3-15-21-19-25(22-15)18(27)17(28-19)16(13-6-4-5-7-14(13)20)24-10-8-23(9-11-24)12(2)26/h4-7,16,27H,3,8-11H2,1-2H3/p+1/t16-/m1/s1. The Bertz CT molecular complexity index is 1010. The highest BCUT2D eigenvalue weighted by Crippen LogP contribution is 2.35. The van der Waals surface area contributed by atoms with Gasteiger partial charge in [-0.15, -0.1) is 5.10 Å².